The maximum atomic E-state index is 14.0. The SMILES string of the molecule is O=C(Nc1ccc(C2(c3ccc(NC(=O)C(c4ccccc4)c4ccccc4)cc3)c3ccccc3-c3ccccc32)cc1)C(c1ccccc1)c1ccccc1. The van der Waals surface area contributed by atoms with Crippen molar-refractivity contribution >= 4 is 23.2 Å². The number of hydrogen-bond donors (Lipinski definition) is 2. The topological polar surface area (TPSA) is 58.2 Å². The molecule has 9 rings (SSSR count). The average molecular weight is 737 g/mol. The average Bonchev–Trinajstić information content (AvgIpc) is 3.57. The highest BCUT2D eigenvalue weighted by atomic mass is 16.2. The van der Waals surface area contributed by atoms with Gasteiger partial charge >= 0.3 is 0 Å². The van der Waals surface area contributed by atoms with Crippen molar-refractivity contribution in [3.05, 3.63) is 263 Å². The van der Waals surface area contributed by atoms with Crippen molar-refractivity contribution in [2.45, 2.75) is 17.3 Å². The Kier molecular flexibility index (Phi) is 9.59. The number of rotatable bonds is 10. The fourth-order valence-corrected chi connectivity index (χ4v) is 8.63. The summed E-state index contributed by atoms with van der Waals surface area (Å²) in [5.41, 5.74) is 11.4. The van der Waals surface area contributed by atoms with E-state index in [4.69, 9.17) is 0 Å². The second-order valence-electron chi connectivity index (χ2n) is 14.5. The molecule has 0 heterocycles. The van der Waals surface area contributed by atoms with Gasteiger partial charge in [0.2, 0.25) is 11.8 Å². The summed E-state index contributed by atoms with van der Waals surface area (Å²) in [6.07, 6.45) is 0. The summed E-state index contributed by atoms with van der Waals surface area (Å²) in [5.74, 6) is -1.10. The highest BCUT2D eigenvalue weighted by Gasteiger charge is 2.46. The summed E-state index contributed by atoms with van der Waals surface area (Å²) in [6, 6.07) is 73.4. The van der Waals surface area contributed by atoms with Gasteiger partial charge in [0.1, 0.15) is 0 Å². The Hall–Kier alpha value is -7.30. The highest BCUT2D eigenvalue weighted by molar-refractivity contribution is 5.99. The molecule has 1 aliphatic carbocycles. The molecule has 2 N–H and O–H groups in total. The summed E-state index contributed by atoms with van der Waals surface area (Å²) in [6.45, 7) is 0. The van der Waals surface area contributed by atoms with Crippen molar-refractivity contribution in [3.63, 3.8) is 0 Å². The Morgan fingerprint density at radius 1 is 0.333 bits per heavy atom. The van der Waals surface area contributed by atoms with Crippen LogP contribution in [-0.4, -0.2) is 11.8 Å². The molecule has 0 saturated carbocycles. The van der Waals surface area contributed by atoms with E-state index in [0.29, 0.717) is 0 Å². The van der Waals surface area contributed by atoms with Gasteiger partial charge in [0.25, 0.3) is 0 Å². The lowest BCUT2D eigenvalue weighted by Gasteiger charge is -2.34. The van der Waals surface area contributed by atoms with E-state index in [2.05, 4.69) is 83.4 Å². The van der Waals surface area contributed by atoms with Crippen molar-refractivity contribution in [3.8, 4) is 11.1 Å². The number of anilines is 2. The second kappa shape index (κ2) is 15.4. The van der Waals surface area contributed by atoms with Crippen LogP contribution in [0.4, 0.5) is 11.4 Å². The summed E-state index contributed by atoms with van der Waals surface area (Å²) in [7, 11) is 0. The summed E-state index contributed by atoms with van der Waals surface area (Å²) < 4.78 is 0. The first-order valence-corrected chi connectivity index (χ1v) is 19.3. The van der Waals surface area contributed by atoms with Gasteiger partial charge in [-0.1, -0.05) is 194 Å². The summed E-state index contributed by atoms with van der Waals surface area (Å²) in [5, 5.41) is 6.45. The van der Waals surface area contributed by atoms with Gasteiger partial charge in [-0.25, -0.2) is 0 Å². The minimum atomic E-state index is -0.647. The normalized spacial score (nSPS) is 12.5. The number of carbonyl (C=O) groups excluding carboxylic acids is 2. The molecule has 57 heavy (non-hydrogen) atoms. The lowest BCUT2D eigenvalue weighted by molar-refractivity contribution is -0.117. The molecule has 0 saturated heterocycles. The monoisotopic (exact) mass is 736 g/mol. The van der Waals surface area contributed by atoms with Gasteiger partial charge in [0.15, 0.2) is 0 Å². The molecule has 0 atom stereocenters. The molecule has 8 aromatic rings. The minimum absolute atomic E-state index is 0.0918. The molecule has 2 amide bonds. The van der Waals surface area contributed by atoms with Gasteiger partial charge in [-0.15, -0.1) is 0 Å². The van der Waals surface area contributed by atoms with Gasteiger partial charge in [0.05, 0.1) is 17.3 Å². The predicted octanol–water partition coefficient (Wildman–Crippen LogP) is 11.6. The van der Waals surface area contributed by atoms with Crippen molar-refractivity contribution in [1.82, 2.24) is 0 Å². The van der Waals surface area contributed by atoms with Crippen LogP contribution in [0.25, 0.3) is 11.1 Å². The Balaban J connectivity index is 1.07. The van der Waals surface area contributed by atoms with Crippen molar-refractivity contribution in [1.29, 1.82) is 0 Å². The Labute approximate surface area is 333 Å². The third-order valence-corrected chi connectivity index (χ3v) is 11.2. The molecule has 0 radical (unpaired) electrons. The predicted molar refractivity (Wildman–Crippen MR) is 230 cm³/mol. The molecule has 4 heteroatoms. The van der Waals surface area contributed by atoms with Crippen molar-refractivity contribution in [2.24, 2.45) is 0 Å². The van der Waals surface area contributed by atoms with E-state index in [0.717, 1.165) is 44.8 Å². The van der Waals surface area contributed by atoms with Crippen LogP contribution in [-0.2, 0) is 15.0 Å². The maximum Gasteiger partial charge on any atom is 0.236 e. The number of hydrogen-bond acceptors (Lipinski definition) is 2. The number of fused-ring (bicyclic) bond motifs is 3. The zero-order chi connectivity index (χ0) is 38.6. The molecule has 1 aliphatic rings. The quantitative estimate of drug-likeness (QED) is 0.147. The van der Waals surface area contributed by atoms with E-state index < -0.39 is 17.3 Å². The third kappa shape index (κ3) is 6.62. The zero-order valence-electron chi connectivity index (χ0n) is 31.3. The number of nitrogens with one attached hydrogen (secondary N) is 2. The molecule has 274 valence electrons. The smallest absolute Gasteiger partial charge is 0.236 e. The molecular formula is C53H40N2O2. The lowest BCUT2D eigenvalue weighted by Crippen LogP contribution is -2.29. The molecule has 0 fully saturated rings. The van der Waals surface area contributed by atoms with Crippen LogP contribution < -0.4 is 10.6 Å². The Morgan fingerprint density at radius 3 is 0.930 bits per heavy atom. The molecule has 0 unspecified atom stereocenters. The standard InChI is InChI=1S/C53H40N2O2/c56-51(49(37-17-5-1-6-18-37)38-19-7-2-8-20-38)54-43-33-29-41(30-34-43)53(47-27-15-13-25-45(47)46-26-14-16-28-48(46)53)42-31-35-44(36-32-42)55-52(57)50(39-21-9-3-10-22-39)40-23-11-4-12-24-40/h1-36,49-50H,(H,54,56)(H,55,57). The van der Waals surface area contributed by atoms with E-state index in [1.807, 2.05) is 146 Å². The van der Waals surface area contributed by atoms with Crippen LogP contribution >= 0.6 is 0 Å². The molecule has 0 aromatic heterocycles. The number of benzene rings is 8. The first-order valence-electron chi connectivity index (χ1n) is 19.3. The van der Waals surface area contributed by atoms with Gasteiger partial charge in [0, 0.05) is 11.4 Å². The van der Waals surface area contributed by atoms with Gasteiger partial charge < -0.3 is 10.6 Å². The fraction of sp³-hybridized carbons (Fsp3) is 0.0566. The van der Waals surface area contributed by atoms with Crippen LogP contribution in [0.2, 0.25) is 0 Å². The van der Waals surface area contributed by atoms with Gasteiger partial charge in [-0.3, -0.25) is 9.59 Å². The largest absolute Gasteiger partial charge is 0.325 e. The molecule has 4 nitrogen and oxygen atoms in total. The molecule has 8 aromatic carbocycles. The van der Waals surface area contributed by atoms with Crippen molar-refractivity contribution < 1.29 is 9.59 Å². The van der Waals surface area contributed by atoms with E-state index >= 15 is 0 Å². The van der Waals surface area contributed by atoms with Crippen LogP contribution in [0, 0.1) is 0 Å². The lowest BCUT2D eigenvalue weighted by atomic mass is 9.67. The summed E-state index contributed by atoms with van der Waals surface area (Å²) in [4.78, 5) is 28.1. The first kappa shape index (κ1) is 35.4. The van der Waals surface area contributed by atoms with E-state index in [1.165, 1.54) is 22.3 Å². The summed E-state index contributed by atoms with van der Waals surface area (Å²) >= 11 is 0. The van der Waals surface area contributed by atoms with E-state index in [1.54, 1.807) is 0 Å². The molecule has 0 bridgehead atoms. The fourth-order valence-electron chi connectivity index (χ4n) is 8.63. The third-order valence-electron chi connectivity index (χ3n) is 11.2. The minimum Gasteiger partial charge on any atom is -0.325 e. The van der Waals surface area contributed by atoms with Crippen LogP contribution in [0.15, 0.2) is 218 Å². The van der Waals surface area contributed by atoms with Crippen LogP contribution in [0.1, 0.15) is 56.3 Å². The van der Waals surface area contributed by atoms with E-state index in [-0.39, 0.29) is 11.8 Å². The highest BCUT2D eigenvalue weighted by Crippen LogP contribution is 2.56. The zero-order valence-corrected chi connectivity index (χ0v) is 31.3. The molecule has 0 spiro atoms. The second-order valence-corrected chi connectivity index (χ2v) is 14.5. The van der Waals surface area contributed by atoms with Crippen molar-refractivity contribution in [2.75, 3.05) is 10.6 Å². The van der Waals surface area contributed by atoms with Gasteiger partial charge in [-0.05, 0) is 79.9 Å². The molecular weight excluding hydrogens is 697 g/mol. The van der Waals surface area contributed by atoms with Gasteiger partial charge in [-0.2, -0.15) is 0 Å². The Morgan fingerprint density at radius 2 is 0.614 bits per heavy atom. The molecule has 0 aliphatic heterocycles. The number of amides is 2. The van der Waals surface area contributed by atoms with Crippen LogP contribution in [0.3, 0.4) is 0 Å². The maximum absolute atomic E-state index is 14.0. The first-order chi connectivity index (χ1) is 28.1. The Bertz CT molecular complexity index is 2370. The van der Waals surface area contributed by atoms with E-state index in [9.17, 15) is 9.59 Å². The van der Waals surface area contributed by atoms with Crippen LogP contribution in [0.5, 0.6) is 0 Å². The number of carbonyl (C=O) groups is 2.